The Bertz CT molecular complexity index is 1210. The summed E-state index contributed by atoms with van der Waals surface area (Å²) in [4.78, 5) is 21.3. The highest BCUT2D eigenvalue weighted by Gasteiger charge is 2.10. The third-order valence-electron chi connectivity index (χ3n) is 5.32. The minimum Gasteiger partial charge on any atom is -0.444 e. The largest absolute Gasteiger partial charge is 0.444 e. The van der Waals surface area contributed by atoms with Crippen LogP contribution in [0, 0.1) is 6.92 Å². The number of urea groups is 1. The van der Waals surface area contributed by atoms with Gasteiger partial charge in [-0.15, -0.1) is 0 Å². The number of imidazole rings is 1. The second kappa shape index (κ2) is 10.2. The molecule has 2 aromatic carbocycles. The van der Waals surface area contributed by atoms with Crippen molar-refractivity contribution in [3.63, 3.8) is 0 Å². The Morgan fingerprint density at radius 1 is 1.15 bits per heavy atom. The summed E-state index contributed by atoms with van der Waals surface area (Å²) in [6, 6.07) is 15.6. The van der Waals surface area contributed by atoms with Gasteiger partial charge in [-0.3, -0.25) is 0 Å². The van der Waals surface area contributed by atoms with E-state index < -0.39 is 0 Å². The number of nitrogens with one attached hydrogen (secondary N) is 2. The van der Waals surface area contributed by atoms with Gasteiger partial charge in [0.05, 0.1) is 5.69 Å². The average molecular weight is 444 g/mol. The number of amides is 2. The van der Waals surface area contributed by atoms with E-state index >= 15 is 0 Å². The van der Waals surface area contributed by atoms with Gasteiger partial charge >= 0.3 is 6.03 Å². The lowest BCUT2D eigenvalue weighted by atomic mass is 10.1. The van der Waals surface area contributed by atoms with Crippen LogP contribution in [0.1, 0.15) is 42.4 Å². The fourth-order valence-electron chi connectivity index (χ4n) is 3.63. The van der Waals surface area contributed by atoms with Gasteiger partial charge in [-0.2, -0.15) is 0 Å². The van der Waals surface area contributed by atoms with Crippen LogP contribution in [-0.2, 0) is 13.0 Å². The van der Waals surface area contributed by atoms with Crippen LogP contribution in [-0.4, -0.2) is 27.1 Å². The molecule has 7 heteroatoms. The molecule has 0 radical (unpaired) electrons. The van der Waals surface area contributed by atoms with Gasteiger partial charge in [-0.25, -0.2) is 14.8 Å². The summed E-state index contributed by atoms with van der Waals surface area (Å²) in [5.74, 6) is 1.99. The fraction of sp³-hybridized carbons (Fsp3) is 0.269. The van der Waals surface area contributed by atoms with Crippen molar-refractivity contribution in [2.24, 2.45) is 0 Å². The molecule has 170 valence electrons. The van der Waals surface area contributed by atoms with Crippen LogP contribution in [0.15, 0.2) is 71.6 Å². The van der Waals surface area contributed by atoms with Crippen molar-refractivity contribution in [2.45, 2.75) is 39.7 Å². The number of anilines is 1. The molecule has 2 N–H and O–H groups in total. The molecule has 0 spiro atoms. The Labute approximate surface area is 193 Å². The number of nitrogens with zero attached hydrogens (tertiary/aromatic N) is 3. The van der Waals surface area contributed by atoms with Gasteiger partial charge in [-0.05, 0) is 36.8 Å². The number of oxazole rings is 1. The highest BCUT2D eigenvalue weighted by Crippen LogP contribution is 2.19. The molecule has 2 aromatic heterocycles. The van der Waals surface area contributed by atoms with Crippen LogP contribution < -0.4 is 10.6 Å². The van der Waals surface area contributed by atoms with E-state index in [0.717, 1.165) is 28.3 Å². The van der Waals surface area contributed by atoms with Gasteiger partial charge in [0, 0.05) is 49.1 Å². The zero-order valence-electron chi connectivity index (χ0n) is 19.2. The van der Waals surface area contributed by atoms with Crippen molar-refractivity contribution in [3.8, 4) is 11.5 Å². The Hall–Kier alpha value is -3.87. The summed E-state index contributed by atoms with van der Waals surface area (Å²) in [5.41, 5.74) is 4.77. The predicted molar refractivity (Wildman–Crippen MR) is 129 cm³/mol. The van der Waals surface area contributed by atoms with Gasteiger partial charge in [0.15, 0.2) is 0 Å². The molecule has 7 nitrogen and oxygen atoms in total. The molecule has 0 unspecified atom stereocenters. The molecule has 0 atom stereocenters. The first-order valence-corrected chi connectivity index (χ1v) is 11.1. The van der Waals surface area contributed by atoms with Crippen LogP contribution in [0.5, 0.6) is 0 Å². The van der Waals surface area contributed by atoms with Crippen molar-refractivity contribution in [1.82, 2.24) is 19.9 Å². The molecule has 4 aromatic rings. The normalized spacial score (nSPS) is 11.0. The molecular weight excluding hydrogens is 414 g/mol. The van der Waals surface area contributed by atoms with Gasteiger partial charge < -0.3 is 19.6 Å². The first-order valence-electron chi connectivity index (χ1n) is 11.1. The predicted octanol–water partition coefficient (Wildman–Crippen LogP) is 5.38. The van der Waals surface area contributed by atoms with E-state index in [1.165, 1.54) is 5.56 Å². The van der Waals surface area contributed by atoms with Crippen LogP contribution in [0.2, 0.25) is 0 Å². The maximum absolute atomic E-state index is 12.4. The highest BCUT2D eigenvalue weighted by atomic mass is 16.3. The topological polar surface area (TPSA) is 85.0 Å². The van der Waals surface area contributed by atoms with E-state index in [9.17, 15) is 4.79 Å². The molecule has 2 amide bonds. The Morgan fingerprint density at radius 2 is 1.97 bits per heavy atom. The van der Waals surface area contributed by atoms with Gasteiger partial charge in [0.2, 0.25) is 5.89 Å². The molecular formula is C26H29N5O2. The number of benzene rings is 2. The molecule has 0 saturated heterocycles. The molecule has 4 rings (SSSR count). The first-order chi connectivity index (χ1) is 16.0. The summed E-state index contributed by atoms with van der Waals surface area (Å²) in [6.07, 6.45) is 6.03. The summed E-state index contributed by atoms with van der Waals surface area (Å²) in [7, 11) is 0. The molecule has 0 bridgehead atoms. The molecule has 33 heavy (non-hydrogen) atoms. The highest BCUT2D eigenvalue weighted by molar-refractivity contribution is 5.89. The molecule has 0 aliphatic heterocycles. The number of carbonyl (C=O) groups is 1. The summed E-state index contributed by atoms with van der Waals surface area (Å²) in [6.45, 7) is 7.46. The van der Waals surface area contributed by atoms with Crippen molar-refractivity contribution in [1.29, 1.82) is 0 Å². The quantitative estimate of drug-likeness (QED) is 0.383. The molecule has 0 fully saturated rings. The Balaban J connectivity index is 1.28. The van der Waals surface area contributed by atoms with Crippen molar-refractivity contribution in [2.75, 3.05) is 11.9 Å². The lowest BCUT2D eigenvalue weighted by Crippen LogP contribution is -2.30. The standard InChI is InChI=1S/C26H29N5O2/c1-18(2)24-27-13-14-31(24)16-20-5-4-6-22(15-20)30-26(32)28-12-11-23-17-33-25(29-23)21-9-7-19(3)8-10-21/h4-10,13-15,17-18H,11-12,16H2,1-3H3,(H2,28,30,32). The van der Waals surface area contributed by atoms with E-state index in [4.69, 9.17) is 4.42 Å². The molecule has 0 saturated carbocycles. The van der Waals surface area contributed by atoms with Crippen LogP contribution in [0.25, 0.3) is 11.5 Å². The fourth-order valence-corrected chi connectivity index (χ4v) is 3.63. The van der Waals surface area contributed by atoms with Crippen molar-refractivity contribution in [3.05, 3.63) is 89.8 Å². The summed E-state index contributed by atoms with van der Waals surface area (Å²) < 4.78 is 7.71. The Morgan fingerprint density at radius 3 is 2.76 bits per heavy atom. The Kier molecular flexibility index (Phi) is 6.88. The SMILES string of the molecule is Cc1ccc(-c2nc(CCNC(=O)Nc3cccc(Cn4ccnc4C(C)C)c3)co2)cc1. The van der Waals surface area contributed by atoms with E-state index in [0.29, 0.717) is 31.3 Å². The van der Waals surface area contributed by atoms with Crippen molar-refractivity contribution >= 4 is 11.7 Å². The smallest absolute Gasteiger partial charge is 0.319 e. The van der Waals surface area contributed by atoms with E-state index in [1.807, 2.05) is 67.8 Å². The molecule has 0 aliphatic rings. The van der Waals surface area contributed by atoms with E-state index in [-0.39, 0.29) is 6.03 Å². The monoisotopic (exact) mass is 443 g/mol. The molecule has 2 heterocycles. The number of rotatable bonds is 8. The van der Waals surface area contributed by atoms with E-state index in [1.54, 1.807) is 6.26 Å². The number of hydrogen-bond donors (Lipinski definition) is 2. The van der Waals surface area contributed by atoms with Crippen LogP contribution in [0.4, 0.5) is 10.5 Å². The number of carbonyl (C=O) groups excluding carboxylic acids is 1. The number of hydrogen-bond acceptors (Lipinski definition) is 4. The third kappa shape index (κ3) is 5.88. The summed E-state index contributed by atoms with van der Waals surface area (Å²) >= 11 is 0. The zero-order chi connectivity index (χ0) is 23.2. The van der Waals surface area contributed by atoms with Gasteiger partial charge in [0.1, 0.15) is 12.1 Å². The van der Waals surface area contributed by atoms with Crippen molar-refractivity contribution < 1.29 is 9.21 Å². The molecule has 0 aliphatic carbocycles. The lowest BCUT2D eigenvalue weighted by Gasteiger charge is -2.12. The van der Waals surface area contributed by atoms with Crippen LogP contribution in [0.3, 0.4) is 0 Å². The number of aromatic nitrogens is 3. The zero-order valence-corrected chi connectivity index (χ0v) is 19.2. The average Bonchev–Trinajstić information content (AvgIpc) is 3.44. The second-order valence-electron chi connectivity index (χ2n) is 8.41. The second-order valence-corrected chi connectivity index (χ2v) is 8.41. The van der Waals surface area contributed by atoms with Gasteiger partial charge in [-0.1, -0.05) is 43.7 Å². The maximum Gasteiger partial charge on any atom is 0.319 e. The minimum absolute atomic E-state index is 0.250. The lowest BCUT2D eigenvalue weighted by molar-refractivity contribution is 0.252. The van der Waals surface area contributed by atoms with Gasteiger partial charge in [0.25, 0.3) is 0 Å². The van der Waals surface area contributed by atoms with Crippen LogP contribution >= 0.6 is 0 Å². The maximum atomic E-state index is 12.4. The first kappa shape index (κ1) is 22.3. The third-order valence-corrected chi connectivity index (χ3v) is 5.32. The number of aryl methyl sites for hydroxylation is 1. The van der Waals surface area contributed by atoms with E-state index in [2.05, 4.69) is 39.0 Å². The minimum atomic E-state index is -0.250. The summed E-state index contributed by atoms with van der Waals surface area (Å²) in [5, 5.41) is 5.78.